The predicted octanol–water partition coefficient (Wildman–Crippen LogP) is 5.79. The zero-order valence-corrected chi connectivity index (χ0v) is 15.9. The van der Waals surface area contributed by atoms with E-state index in [9.17, 15) is 17.6 Å². The summed E-state index contributed by atoms with van der Waals surface area (Å²) in [5.41, 5.74) is -0.839. The fourth-order valence-corrected chi connectivity index (χ4v) is 3.49. The largest absolute Gasteiger partial charge is 0.418 e. The molecule has 0 amide bonds. The number of anilines is 3. The Balaban J connectivity index is 1.74. The lowest BCUT2D eigenvalue weighted by Crippen LogP contribution is -2.17. The van der Waals surface area contributed by atoms with Crippen LogP contribution in [0.4, 0.5) is 35.0 Å². The average Bonchev–Trinajstić information content (AvgIpc) is 3.22. The van der Waals surface area contributed by atoms with Crippen LogP contribution in [0.1, 0.15) is 31.2 Å². The summed E-state index contributed by atoms with van der Waals surface area (Å²) in [6.45, 7) is 0. The Bertz CT molecular complexity index is 1020. The fraction of sp³-hybridized carbons (Fsp3) is 0.286. The predicted molar refractivity (Wildman–Crippen MR) is 106 cm³/mol. The van der Waals surface area contributed by atoms with Crippen molar-refractivity contribution >= 4 is 17.5 Å². The Labute approximate surface area is 170 Å². The SMILES string of the molecule is Fc1cccc(C(F)(F)F)c1Nc1cc(-c2ccccn2)nc(NC2CCCC2)n1. The molecule has 0 atom stereocenters. The van der Waals surface area contributed by atoms with E-state index in [0.29, 0.717) is 11.4 Å². The molecule has 1 aliphatic carbocycles. The Morgan fingerprint density at radius 3 is 2.43 bits per heavy atom. The maximum absolute atomic E-state index is 14.3. The van der Waals surface area contributed by atoms with Gasteiger partial charge in [-0.15, -0.1) is 0 Å². The third-order valence-corrected chi connectivity index (χ3v) is 4.91. The van der Waals surface area contributed by atoms with Crippen LogP contribution in [-0.2, 0) is 6.18 Å². The van der Waals surface area contributed by atoms with Gasteiger partial charge in [0.15, 0.2) is 0 Å². The minimum atomic E-state index is -4.72. The van der Waals surface area contributed by atoms with E-state index in [1.165, 1.54) is 6.07 Å². The molecule has 5 nitrogen and oxygen atoms in total. The van der Waals surface area contributed by atoms with Gasteiger partial charge in [0.2, 0.25) is 5.95 Å². The smallest absolute Gasteiger partial charge is 0.351 e. The van der Waals surface area contributed by atoms with Gasteiger partial charge in [-0.2, -0.15) is 18.2 Å². The van der Waals surface area contributed by atoms with Crippen molar-refractivity contribution in [2.75, 3.05) is 10.6 Å². The van der Waals surface area contributed by atoms with E-state index < -0.39 is 23.2 Å². The summed E-state index contributed by atoms with van der Waals surface area (Å²) in [5.74, 6) is -0.715. The van der Waals surface area contributed by atoms with Gasteiger partial charge in [-0.05, 0) is 37.1 Å². The molecule has 0 spiro atoms. The summed E-state index contributed by atoms with van der Waals surface area (Å²) in [6, 6.07) is 9.72. The van der Waals surface area contributed by atoms with Crippen LogP contribution in [0.15, 0.2) is 48.7 Å². The number of nitrogens with zero attached hydrogens (tertiary/aromatic N) is 3. The van der Waals surface area contributed by atoms with Crippen LogP contribution in [0.25, 0.3) is 11.4 Å². The molecule has 0 aliphatic heterocycles. The first-order valence-electron chi connectivity index (χ1n) is 9.60. The molecule has 2 aromatic heterocycles. The number of alkyl halides is 3. The lowest BCUT2D eigenvalue weighted by molar-refractivity contribution is -0.137. The van der Waals surface area contributed by atoms with Crippen molar-refractivity contribution in [3.8, 4) is 11.4 Å². The van der Waals surface area contributed by atoms with Crippen LogP contribution >= 0.6 is 0 Å². The number of benzene rings is 1. The Morgan fingerprint density at radius 1 is 0.933 bits per heavy atom. The van der Waals surface area contributed by atoms with Gasteiger partial charge in [0.25, 0.3) is 0 Å². The zero-order chi connectivity index (χ0) is 21.1. The lowest BCUT2D eigenvalue weighted by atomic mass is 10.1. The molecule has 2 heterocycles. The van der Waals surface area contributed by atoms with Crippen LogP contribution in [-0.4, -0.2) is 21.0 Å². The molecule has 0 radical (unpaired) electrons. The maximum atomic E-state index is 14.3. The highest BCUT2D eigenvalue weighted by atomic mass is 19.4. The Morgan fingerprint density at radius 2 is 1.73 bits per heavy atom. The highest BCUT2D eigenvalue weighted by molar-refractivity contribution is 5.67. The molecule has 2 N–H and O–H groups in total. The van der Waals surface area contributed by atoms with Crippen LogP contribution < -0.4 is 10.6 Å². The van der Waals surface area contributed by atoms with E-state index in [1.54, 1.807) is 24.4 Å². The molecule has 1 saturated carbocycles. The van der Waals surface area contributed by atoms with Gasteiger partial charge in [0.1, 0.15) is 11.6 Å². The van der Waals surface area contributed by atoms with Gasteiger partial charge >= 0.3 is 6.18 Å². The van der Waals surface area contributed by atoms with Gasteiger partial charge in [0.05, 0.1) is 22.6 Å². The van der Waals surface area contributed by atoms with Crippen molar-refractivity contribution in [1.82, 2.24) is 15.0 Å². The highest BCUT2D eigenvalue weighted by Crippen LogP contribution is 2.37. The fourth-order valence-electron chi connectivity index (χ4n) is 3.49. The van der Waals surface area contributed by atoms with E-state index in [4.69, 9.17) is 0 Å². The average molecular weight is 417 g/mol. The third-order valence-electron chi connectivity index (χ3n) is 4.91. The number of nitrogens with one attached hydrogen (secondary N) is 2. The topological polar surface area (TPSA) is 62.7 Å². The van der Waals surface area contributed by atoms with E-state index >= 15 is 0 Å². The summed E-state index contributed by atoms with van der Waals surface area (Å²) < 4.78 is 54.4. The molecule has 0 saturated heterocycles. The normalized spacial score (nSPS) is 14.7. The van der Waals surface area contributed by atoms with Crippen molar-refractivity contribution in [2.24, 2.45) is 0 Å². The monoisotopic (exact) mass is 417 g/mol. The number of aromatic nitrogens is 3. The molecule has 3 aromatic rings. The summed E-state index contributed by atoms with van der Waals surface area (Å²) >= 11 is 0. The highest BCUT2D eigenvalue weighted by Gasteiger charge is 2.35. The van der Waals surface area contributed by atoms with Crippen molar-refractivity contribution in [2.45, 2.75) is 37.9 Å². The molecule has 1 aromatic carbocycles. The standard InChI is InChI=1S/C21H19F4N5/c22-15-9-5-8-14(21(23,24)25)19(15)29-18-12-17(16-10-3-4-11-26-16)28-20(30-18)27-13-6-1-2-7-13/h3-5,8-13H,1-2,6-7H2,(H2,27,28,29,30). The number of rotatable bonds is 5. The molecule has 30 heavy (non-hydrogen) atoms. The number of pyridine rings is 1. The van der Waals surface area contributed by atoms with Gasteiger partial charge in [-0.3, -0.25) is 4.98 Å². The van der Waals surface area contributed by atoms with Gasteiger partial charge in [0, 0.05) is 18.3 Å². The first kappa shape index (κ1) is 20.1. The second-order valence-electron chi connectivity index (χ2n) is 7.09. The number of hydrogen-bond donors (Lipinski definition) is 2. The van der Waals surface area contributed by atoms with Crippen LogP contribution in [0.3, 0.4) is 0 Å². The van der Waals surface area contributed by atoms with Gasteiger partial charge < -0.3 is 10.6 Å². The summed E-state index contributed by atoms with van der Waals surface area (Å²) in [6.07, 6.45) is 0.982. The van der Waals surface area contributed by atoms with E-state index in [0.717, 1.165) is 43.9 Å². The summed E-state index contributed by atoms with van der Waals surface area (Å²) in [4.78, 5) is 13.0. The molecule has 156 valence electrons. The Hall–Kier alpha value is -3.23. The van der Waals surface area contributed by atoms with Crippen molar-refractivity contribution in [3.05, 3.63) is 60.0 Å². The number of hydrogen-bond acceptors (Lipinski definition) is 5. The number of para-hydroxylation sites is 1. The van der Waals surface area contributed by atoms with Crippen LogP contribution in [0.5, 0.6) is 0 Å². The number of halogens is 4. The van der Waals surface area contributed by atoms with Crippen molar-refractivity contribution in [1.29, 1.82) is 0 Å². The Kier molecular flexibility index (Phi) is 5.52. The molecule has 9 heteroatoms. The summed E-state index contributed by atoms with van der Waals surface area (Å²) in [5, 5.41) is 5.74. The van der Waals surface area contributed by atoms with Crippen molar-refractivity contribution in [3.63, 3.8) is 0 Å². The molecule has 1 aliphatic rings. The molecule has 4 rings (SSSR count). The second-order valence-corrected chi connectivity index (χ2v) is 7.09. The van der Waals surface area contributed by atoms with Gasteiger partial charge in [-0.25, -0.2) is 9.37 Å². The summed E-state index contributed by atoms with van der Waals surface area (Å²) in [7, 11) is 0. The maximum Gasteiger partial charge on any atom is 0.418 e. The molecule has 0 bridgehead atoms. The molecular formula is C21H19F4N5. The third kappa shape index (κ3) is 4.50. The van der Waals surface area contributed by atoms with E-state index in [-0.39, 0.29) is 17.8 Å². The first-order chi connectivity index (χ1) is 14.4. The van der Waals surface area contributed by atoms with Crippen LogP contribution in [0.2, 0.25) is 0 Å². The van der Waals surface area contributed by atoms with Crippen molar-refractivity contribution < 1.29 is 17.6 Å². The lowest BCUT2D eigenvalue weighted by Gasteiger charge is -2.17. The second kappa shape index (κ2) is 8.25. The van der Waals surface area contributed by atoms with Gasteiger partial charge in [-0.1, -0.05) is 25.0 Å². The van der Waals surface area contributed by atoms with E-state index in [1.807, 2.05) is 0 Å². The minimum absolute atomic E-state index is 0.0433. The van der Waals surface area contributed by atoms with Crippen LogP contribution in [0, 0.1) is 5.82 Å². The van der Waals surface area contributed by atoms with E-state index in [2.05, 4.69) is 25.6 Å². The molecule has 0 unspecified atom stereocenters. The minimum Gasteiger partial charge on any atom is -0.351 e. The molecule has 1 fully saturated rings. The zero-order valence-electron chi connectivity index (χ0n) is 15.9. The molecular weight excluding hydrogens is 398 g/mol. The first-order valence-corrected chi connectivity index (χ1v) is 9.60. The quantitative estimate of drug-likeness (QED) is 0.514.